The van der Waals surface area contributed by atoms with Gasteiger partial charge in [-0.25, -0.2) is 4.98 Å². The van der Waals surface area contributed by atoms with Gasteiger partial charge in [0.05, 0.1) is 16.6 Å². The fourth-order valence-electron chi connectivity index (χ4n) is 8.65. The van der Waals surface area contributed by atoms with E-state index in [1.54, 1.807) is 5.57 Å². The van der Waals surface area contributed by atoms with Crippen molar-refractivity contribution in [2.24, 2.45) is 23.7 Å². The van der Waals surface area contributed by atoms with Crippen LogP contribution in [0, 0.1) is 23.7 Å². The molecule has 5 heteroatoms. The molecular formula is C54H85N5. The predicted molar refractivity (Wildman–Crippen MR) is 263 cm³/mol. The zero-order valence-electron chi connectivity index (χ0n) is 38.6. The summed E-state index contributed by atoms with van der Waals surface area (Å²) < 4.78 is 4.48. The Hall–Kier alpha value is -4.12. The van der Waals surface area contributed by atoms with Gasteiger partial charge in [-0.3, -0.25) is 4.68 Å². The highest BCUT2D eigenvalue weighted by Gasteiger charge is 2.32. The van der Waals surface area contributed by atoms with Crippen molar-refractivity contribution in [3.8, 4) is 0 Å². The summed E-state index contributed by atoms with van der Waals surface area (Å²) in [6, 6.07) is 27.7. The molecule has 1 aliphatic carbocycles. The van der Waals surface area contributed by atoms with Gasteiger partial charge in [-0.05, 0) is 114 Å². The van der Waals surface area contributed by atoms with Gasteiger partial charge in [-0.15, -0.1) is 0 Å². The molecule has 2 aromatic heterocycles. The van der Waals surface area contributed by atoms with Gasteiger partial charge < -0.3 is 9.47 Å². The van der Waals surface area contributed by atoms with Gasteiger partial charge in [0.2, 0.25) is 0 Å². The van der Waals surface area contributed by atoms with Gasteiger partial charge in [0, 0.05) is 46.9 Å². The number of hydrogen-bond donors (Lipinski definition) is 0. The third-order valence-corrected chi connectivity index (χ3v) is 11.4. The van der Waals surface area contributed by atoms with E-state index >= 15 is 0 Å². The molecule has 0 radical (unpaired) electrons. The summed E-state index contributed by atoms with van der Waals surface area (Å²) in [5.41, 5.74) is 9.41. The van der Waals surface area contributed by atoms with Crippen molar-refractivity contribution in [1.82, 2.24) is 19.3 Å². The molecule has 0 saturated heterocycles. The molecule has 5 nitrogen and oxygen atoms in total. The second-order valence-electron chi connectivity index (χ2n) is 18.7. The molecule has 3 heterocycles. The van der Waals surface area contributed by atoms with Gasteiger partial charge in [-0.1, -0.05) is 156 Å². The molecule has 0 amide bonds. The van der Waals surface area contributed by atoms with E-state index in [-0.39, 0.29) is 14.9 Å². The highest BCUT2D eigenvalue weighted by molar-refractivity contribution is 5.82. The van der Waals surface area contributed by atoms with Crippen molar-refractivity contribution in [1.29, 1.82) is 0 Å². The molecule has 0 spiro atoms. The average molecular weight is 804 g/mol. The number of rotatable bonds is 8. The van der Waals surface area contributed by atoms with Gasteiger partial charge in [-0.2, -0.15) is 5.10 Å². The maximum atomic E-state index is 4.70. The standard InChI is InChI=1S/C14H21N.2C13H18N2.C12H20.2CH4/c1-10(2)14-9-12-7-5-6-8-13(12)15(14)11(3)4;1-9(2)13-14-11-7-5-6-8-12(11)15(13)10(3)4;1-9(2)13-11-7-5-6-8-12(11)14-15(13)10(3)4;1-9(2)11-7-5-6-8-12(11)10(3)4;;/h5-8,10-11,14H,9H2,1-4H3;2*5-10H,1-4H3;5-7,9-10,12H,8H2,1-4H3;2*1H4. The Morgan fingerprint density at radius 2 is 1.19 bits per heavy atom. The lowest BCUT2D eigenvalue weighted by Gasteiger charge is -2.34. The first-order chi connectivity index (χ1) is 27.0. The van der Waals surface area contributed by atoms with E-state index in [4.69, 9.17) is 4.98 Å². The zero-order valence-corrected chi connectivity index (χ0v) is 38.6. The van der Waals surface area contributed by atoms with Crippen LogP contribution >= 0.6 is 0 Å². The fraction of sp³-hybridized carbons (Fsp3) is 0.556. The van der Waals surface area contributed by atoms with Crippen LogP contribution in [-0.2, 0) is 6.42 Å². The van der Waals surface area contributed by atoms with E-state index in [2.05, 4.69) is 209 Å². The molecule has 0 fully saturated rings. The normalized spacial score (nSPS) is 15.9. The van der Waals surface area contributed by atoms with E-state index in [1.807, 2.05) is 12.1 Å². The predicted octanol–water partition coefficient (Wildman–Crippen LogP) is 16.0. The lowest BCUT2D eigenvalue weighted by atomic mass is 9.78. The maximum Gasteiger partial charge on any atom is 0.112 e. The van der Waals surface area contributed by atoms with Crippen LogP contribution in [0.25, 0.3) is 21.9 Å². The second kappa shape index (κ2) is 23.0. The average Bonchev–Trinajstić information content (AvgIpc) is 3.88. The lowest BCUT2D eigenvalue weighted by molar-refractivity contribution is 0.411. The maximum absolute atomic E-state index is 4.70. The van der Waals surface area contributed by atoms with Crippen LogP contribution < -0.4 is 4.90 Å². The fourth-order valence-corrected chi connectivity index (χ4v) is 8.65. The Labute approximate surface area is 362 Å². The summed E-state index contributed by atoms with van der Waals surface area (Å²) in [5, 5.41) is 5.94. The third-order valence-electron chi connectivity index (χ3n) is 11.4. The highest BCUT2D eigenvalue weighted by Crippen LogP contribution is 2.37. The molecule has 7 rings (SSSR count). The van der Waals surface area contributed by atoms with Crippen molar-refractivity contribution in [2.45, 2.75) is 174 Å². The first-order valence-electron chi connectivity index (χ1n) is 22.1. The van der Waals surface area contributed by atoms with Crippen molar-refractivity contribution < 1.29 is 0 Å². The summed E-state index contributed by atoms with van der Waals surface area (Å²) in [6.45, 7) is 36.1. The summed E-state index contributed by atoms with van der Waals surface area (Å²) in [4.78, 5) is 7.28. The number of imidazole rings is 1. The molecule has 0 bridgehead atoms. The molecule has 326 valence electrons. The quantitative estimate of drug-likeness (QED) is 0.157. The first kappa shape index (κ1) is 51.0. The number of fused-ring (bicyclic) bond motifs is 3. The molecular weight excluding hydrogens is 719 g/mol. The van der Waals surface area contributed by atoms with E-state index in [0.29, 0.717) is 41.9 Å². The molecule has 1 aliphatic heterocycles. The van der Waals surface area contributed by atoms with E-state index < -0.39 is 0 Å². The SMILES string of the molecule is C.C.CC(C)C1=CC=CCC1C(C)C.CC(C)C1Cc2ccccc2N1C(C)C.CC(C)c1c2ccccc2nn1C(C)C.CC(C)c1nc2ccccc2n1C(C)C. The number of hydrogen-bond acceptors (Lipinski definition) is 3. The van der Waals surface area contributed by atoms with Crippen LogP contribution in [0.1, 0.15) is 173 Å². The minimum atomic E-state index is 0. The number of aromatic nitrogens is 4. The molecule has 0 N–H and O–H groups in total. The zero-order chi connectivity index (χ0) is 42.1. The molecule has 0 saturated carbocycles. The van der Waals surface area contributed by atoms with E-state index in [1.165, 1.54) is 46.5 Å². The molecule has 2 unspecified atom stereocenters. The molecule has 2 atom stereocenters. The van der Waals surface area contributed by atoms with Crippen molar-refractivity contribution in [2.75, 3.05) is 4.90 Å². The number of para-hydroxylation sites is 3. The summed E-state index contributed by atoms with van der Waals surface area (Å²) in [6.07, 6.45) is 9.25. The van der Waals surface area contributed by atoms with Crippen LogP contribution in [0.5, 0.6) is 0 Å². The number of anilines is 1. The van der Waals surface area contributed by atoms with Crippen LogP contribution in [0.3, 0.4) is 0 Å². The highest BCUT2D eigenvalue weighted by atomic mass is 15.3. The van der Waals surface area contributed by atoms with Gasteiger partial charge in [0.25, 0.3) is 0 Å². The van der Waals surface area contributed by atoms with Crippen molar-refractivity contribution >= 4 is 27.6 Å². The van der Waals surface area contributed by atoms with Crippen molar-refractivity contribution in [3.05, 3.63) is 114 Å². The minimum absolute atomic E-state index is 0. The Bertz CT molecular complexity index is 1960. The van der Waals surface area contributed by atoms with E-state index in [9.17, 15) is 0 Å². The first-order valence-corrected chi connectivity index (χ1v) is 22.1. The number of allylic oxidation sites excluding steroid dienone is 4. The van der Waals surface area contributed by atoms with E-state index in [0.717, 1.165) is 28.8 Å². The minimum Gasteiger partial charge on any atom is -0.365 e. The number of nitrogens with zero attached hydrogens (tertiary/aromatic N) is 5. The third kappa shape index (κ3) is 12.5. The van der Waals surface area contributed by atoms with Crippen LogP contribution in [0.2, 0.25) is 0 Å². The Morgan fingerprint density at radius 3 is 1.71 bits per heavy atom. The molecule has 5 aromatic rings. The summed E-state index contributed by atoms with van der Waals surface area (Å²) >= 11 is 0. The Kier molecular flexibility index (Phi) is 19.9. The van der Waals surface area contributed by atoms with Gasteiger partial charge in [0.1, 0.15) is 5.82 Å². The number of benzene rings is 3. The molecule has 3 aromatic carbocycles. The Balaban J connectivity index is 0.000000269. The van der Waals surface area contributed by atoms with Crippen LogP contribution in [0.15, 0.2) is 96.6 Å². The van der Waals surface area contributed by atoms with Crippen LogP contribution in [0.4, 0.5) is 5.69 Å². The monoisotopic (exact) mass is 804 g/mol. The second-order valence-corrected chi connectivity index (χ2v) is 18.7. The smallest absolute Gasteiger partial charge is 0.112 e. The summed E-state index contributed by atoms with van der Waals surface area (Å²) in [5.74, 6) is 5.17. The van der Waals surface area contributed by atoms with Crippen LogP contribution in [-0.4, -0.2) is 31.4 Å². The van der Waals surface area contributed by atoms with Crippen molar-refractivity contribution in [3.63, 3.8) is 0 Å². The molecule has 2 aliphatic rings. The Morgan fingerprint density at radius 1 is 0.593 bits per heavy atom. The molecule has 59 heavy (non-hydrogen) atoms. The largest absolute Gasteiger partial charge is 0.365 e. The van der Waals surface area contributed by atoms with Gasteiger partial charge >= 0.3 is 0 Å². The lowest BCUT2D eigenvalue weighted by Crippen LogP contribution is -2.40. The summed E-state index contributed by atoms with van der Waals surface area (Å²) in [7, 11) is 0. The van der Waals surface area contributed by atoms with Gasteiger partial charge in [0.15, 0.2) is 0 Å². The topological polar surface area (TPSA) is 38.9 Å².